The van der Waals surface area contributed by atoms with Gasteiger partial charge in [-0.3, -0.25) is 4.79 Å². The van der Waals surface area contributed by atoms with Crippen molar-refractivity contribution in [2.75, 3.05) is 13.7 Å². The molecule has 0 aromatic heterocycles. The molecule has 0 saturated heterocycles. The fraction of sp³-hybridized carbons (Fsp3) is 0.185. The van der Waals surface area contributed by atoms with Gasteiger partial charge in [-0.15, -0.1) is 0 Å². The van der Waals surface area contributed by atoms with Crippen LogP contribution in [-0.2, 0) is 17.9 Å². The topological polar surface area (TPSA) is 80.6 Å². The van der Waals surface area contributed by atoms with Gasteiger partial charge in [-0.25, -0.2) is 0 Å². The van der Waals surface area contributed by atoms with E-state index in [0.717, 1.165) is 24.0 Å². The molecule has 0 fully saturated rings. The number of hydrogen-bond acceptors (Lipinski definition) is 5. The molecule has 3 aromatic carbocycles. The van der Waals surface area contributed by atoms with Crippen molar-refractivity contribution < 1.29 is 19.0 Å². The molecule has 0 radical (unpaired) electrons. The van der Waals surface area contributed by atoms with Crippen LogP contribution in [0.4, 0.5) is 0 Å². The van der Waals surface area contributed by atoms with E-state index in [9.17, 15) is 10.1 Å². The van der Waals surface area contributed by atoms with Gasteiger partial charge in [0.2, 0.25) is 0 Å². The van der Waals surface area contributed by atoms with Gasteiger partial charge < -0.3 is 19.5 Å². The lowest BCUT2D eigenvalue weighted by atomic mass is 10.1. The highest BCUT2D eigenvalue weighted by Gasteiger charge is 2.14. The summed E-state index contributed by atoms with van der Waals surface area (Å²) >= 11 is 4.44. The summed E-state index contributed by atoms with van der Waals surface area (Å²) in [6.45, 7) is 3.05. The Hall–Kier alpha value is -2.78. The first-order valence-electron chi connectivity index (χ1n) is 10.8. The maximum atomic E-state index is 12.6. The second-order valence-corrected chi connectivity index (χ2v) is 9.79. The van der Waals surface area contributed by atoms with Gasteiger partial charge in [-0.05, 0) is 111 Å². The van der Waals surface area contributed by atoms with Gasteiger partial charge in [0.1, 0.15) is 24.0 Å². The number of nitriles is 1. The molecule has 0 atom stereocenters. The van der Waals surface area contributed by atoms with E-state index in [0.29, 0.717) is 36.8 Å². The second-order valence-electron chi connectivity index (χ2n) is 7.38. The average molecular weight is 694 g/mol. The quantitative estimate of drug-likeness (QED) is 0.158. The Bertz CT molecular complexity index is 1230. The van der Waals surface area contributed by atoms with Crippen LogP contribution >= 0.6 is 45.2 Å². The fourth-order valence-corrected chi connectivity index (χ4v) is 4.29. The maximum absolute atomic E-state index is 12.6. The lowest BCUT2D eigenvalue weighted by Crippen LogP contribution is -2.23. The summed E-state index contributed by atoms with van der Waals surface area (Å²) in [4.78, 5) is 12.6. The van der Waals surface area contributed by atoms with Crippen LogP contribution < -0.4 is 19.5 Å². The Kier molecular flexibility index (Phi) is 10.2. The molecule has 0 unspecified atom stereocenters. The molecular weight excluding hydrogens is 670 g/mol. The number of methoxy groups -OCH3 is 1. The molecule has 6 nitrogen and oxygen atoms in total. The minimum atomic E-state index is -0.449. The summed E-state index contributed by atoms with van der Waals surface area (Å²) in [5, 5.41) is 12.4. The monoisotopic (exact) mass is 694 g/mol. The second kappa shape index (κ2) is 13.3. The molecule has 180 valence electrons. The zero-order valence-corrected chi connectivity index (χ0v) is 23.6. The first kappa shape index (κ1) is 26.8. The van der Waals surface area contributed by atoms with Crippen molar-refractivity contribution in [3.8, 4) is 23.3 Å². The van der Waals surface area contributed by atoms with E-state index >= 15 is 0 Å². The normalized spacial score (nSPS) is 10.9. The van der Waals surface area contributed by atoms with E-state index in [1.54, 1.807) is 19.3 Å². The van der Waals surface area contributed by atoms with Crippen LogP contribution in [0.3, 0.4) is 0 Å². The zero-order valence-electron chi connectivity index (χ0n) is 19.3. The van der Waals surface area contributed by atoms with Crippen LogP contribution in [0.1, 0.15) is 23.6 Å². The zero-order chi connectivity index (χ0) is 25.2. The van der Waals surface area contributed by atoms with Gasteiger partial charge in [-0.1, -0.05) is 24.3 Å². The molecule has 8 heteroatoms. The first-order valence-corrected chi connectivity index (χ1v) is 13.0. The largest absolute Gasteiger partial charge is 0.497 e. The van der Waals surface area contributed by atoms with Crippen LogP contribution in [-0.4, -0.2) is 19.6 Å². The molecule has 3 aromatic rings. The van der Waals surface area contributed by atoms with Crippen LogP contribution in [0.15, 0.2) is 66.2 Å². The van der Waals surface area contributed by atoms with Gasteiger partial charge in [0, 0.05) is 10.1 Å². The van der Waals surface area contributed by atoms with Crippen molar-refractivity contribution >= 4 is 57.2 Å². The number of rotatable bonds is 10. The number of carbonyl (C=O) groups excluding carboxylic acids is 1. The molecule has 0 saturated carbocycles. The van der Waals surface area contributed by atoms with Crippen molar-refractivity contribution in [3.63, 3.8) is 0 Å². The Morgan fingerprint density at radius 1 is 1.03 bits per heavy atom. The van der Waals surface area contributed by atoms with Crippen molar-refractivity contribution in [1.29, 1.82) is 5.26 Å². The van der Waals surface area contributed by atoms with Crippen molar-refractivity contribution in [1.82, 2.24) is 5.32 Å². The molecule has 0 aliphatic rings. The Labute approximate surface area is 232 Å². The smallest absolute Gasteiger partial charge is 0.262 e. The van der Waals surface area contributed by atoms with Crippen molar-refractivity contribution in [2.45, 2.75) is 20.1 Å². The van der Waals surface area contributed by atoms with Gasteiger partial charge >= 0.3 is 0 Å². The summed E-state index contributed by atoms with van der Waals surface area (Å²) < 4.78 is 19.0. The molecule has 1 N–H and O–H groups in total. The van der Waals surface area contributed by atoms with E-state index in [1.807, 2.05) is 67.6 Å². The molecule has 35 heavy (non-hydrogen) atoms. The summed E-state index contributed by atoms with van der Waals surface area (Å²) in [5.74, 6) is 1.48. The number of nitrogens with zero attached hydrogens (tertiary/aromatic N) is 1. The number of amides is 1. The van der Waals surface area contributed by atoms with Crippen LogP contribution in [0, 0.1) is 18.5 Å². The van der Waals surface area contributed by atoms with E-state index in [1.165, 1.54) is 0 Å². The van der Waals surface area contributed by atoms with Crippen LogP contribution in [0.2, 0.25) is 0 Å². The number of ether oxygens (including phenoxy) is 3. The summed E-state index contributed by atoms with van der Waals surface area (Å²) in [5.41, 5.74) is 2.63. The summed E-state index contributed by atoms with van der Waals surface area (Å²) in [7, 11) is 1.60. The molecule has 0 heterocycles. The Morgan fingerprint density at radius 2 is 1.71 bits per heavy atom. The van der Waals surface area contributed by atoms with Crippen molar-refractivity contribution in [2.24, 2.45) is 0 Å². The van der Waals surface area contributed by atoms with Gasteiger partial charge in [0.15, 0.2) is 11.5 Å². The molecule has 3 rings (SSSR count). The molecular formula is C27H24I2N2O4. The number of hydrogen-bond donors (Lipinski definition) is 1. The highest BCUT2D eigenvalue weighted by atomic mass is 127. The standard InChI is InChI=1S/C27H24I2N2O4/c1-3-34-25-14-20(13-24(29)26(25)35-17-19-4-8-22(28)9-5-19)12-21(15-30)27(32)31-16-18-6-10-23(33-2)11-7-18/h4-14H,3,16-17H2,1-2H3,(H,31,32)/b21-12-. The van der Waals surface area contributed by atoms with E-state index in [-0.39, 0.29) is 5.57 Å². The SMILES string of the molecule is CCOc1cc(/C=C(/C#N)C(=O)NCc2ccc(OC)cc2)cc(I)c1OCc1ccc(I)cc1. The van der Waals surface area contributed by atoms with Gasteiger partial charge in [0.05, 0.1) is 17.3 Å². The third-order valence-corrected chi connectivity index (χ3v) is 6.44. The van der Waals surface area contributed by atoms with E-state index in [4.69, 9.17) is 14.2 Å². The van der Waals surface area contributed by atoms with Crippen LogP contribution in [0.25, 0.3) is 6.08 Å². The van der Waals surface area contributed by atoms with Gasteiger partial charge in [-0.2, -0.15) is 5.26 Å². The number of carbonyl (C=O) groups is 1. The van der Waals surface area contributed by atoms with E-state index in [2.05, 4.69) is 50.5 Å². The molecule has 0 spiro atoms. The molecule has 0 bridgehead atoms. The predicted octanol–water partition coefficient (Wildman–Crippen LogP) is 6.11. The average Bonchev–Trinajstić information content (AvgIpc) is 2.87. The lowest BCUT2D eigenvalue weighted by molar-refractivity contribution is -0.117. The molecule has 1 amide bonds. The predicted molar refractivity (Wildman–Crippen MR) is 152 cm³/mol. The highest BCUT2D eigenvalue weighted by molar-refractivity contribution is 14.1. The fourth-order valence-electron chi connectivity index (χ4n) is 3.15. The van der Waals surface area contributed by atoms with Gasteiger partial charge in [0.25, 0.3) is 5.91 Å². The number of halogens is 2. The van der Waals surface area contributed by atoms with Crippen molar-refractivity contribution in [3.05, 3.63) is 90.1 Å². The Balaban J connectivity index is 1.75. The Morgan fingerprint density at radius 3 is 2.34 bits per heavy atom. The molecule has 0 aliphatic carbocycles. The number of benzene rings is 3. The maximum Gasteiger partial charge on any atom is 0.262 e. The molecule has 0 aliphatic heterocycles. The van der Waals surface area contributed by atoms with E-state index < -0.39 is 5.91 Å². The summed E-state index contributed by atoms with van der Waals surface area (Å²) in [6, 6.07) is 21.1. The minimum Gasteiger partial charge on any atom is -0.497 e. The lowest BCUT2D eigenvalue weighted by Gasteiger charge is -2.15. The highest BCUT2D eigenvalue weighted by Crippen LogP contribution is 2.35. The third kappa shape index (κ3) is 7.86. The third-order valence-electron chi connectivity index (χ3n) is 4.92. The minimum absolute atomic E-state index is 0.00400. The number of nitrogens with one attached hydrogen (secondary N) is 1. The first-order chi connectivity index (χ1) is 16.9. The van der Waals surface area contributed by atoms with Crippen LogP contribution in [0.5, 0.6) is 17.2 Å². The summed E-state index contributed by atoms with van der Waals surface area (Å²) in [6.07, 6.45) is 1.55.